The van der Waals surface area contributed by atoms with E-state index in [9.17, 15) is 29.1 Å². The SMILES string of the molecule is CC(C)(C)OC(=O)Nc1ccc(-c2ccco2)cc1N.CC(C)(C)OC(=O)Nc1ccc(-c2ccco2)cc1NC(=O)c1ccc(N2CCCCC2)cn1.Nc1ccc(-c2ccco2)cc1NC(=O)c1ccc(N2CCNCC2)cn1.O=C([O-])c1ccc(N2CCCCC2)cn1.[Li+]. The minimum atomic E-state index is -1.22. The number of ether oxygens (including phenoxy) is 2. The zero-order valence-corrected chi connectivity index (χ0v) is 55.8. The van der Waals surface area contributed by atoms with E-state index in [-0.39, 0.29) is 42.1 Å². The Morgan fingerprint density at radius 1 is 0.454 bits per heavy atom. The number of nitrogens with zero attached hydrogens (tertiary/aromatic N) is 6. The maximum absolute atomic E-state index is 13.0. The van der Waals surface area contributed by atoms with E-state index in [0.29, 0.717) is 51.3 Å². The first-order valence-electron chi connectivity index (χ1n) is 31.8. The Morgan fingerprint density at radius 3 is 1.25 bits per heavy atom. The van der Waals surface area contributed by atoms with E-state index in [1.165, 1.54) is 44.6 Å². The van der Waals surface area contributed by atoms with Crippen molar-refractivity contribution < 1.29 is 70.7 Å². The zero-order chi connectivity index (χ0) is 68.2. The van der Waals surface area contributed by atoms with Gasteiger partial charge in [0, 0.05) is 69.0 Å². The number of rotatable bonds is 13. The molecule has 3 saturated heterocycles. The van der Waals surface area contributed by atoms with Gasteiger partial charge in [0.15, 0.2) is 0 Å². The van der Waals surface area contributed by atoms with E-state index in [0.717, 1.165) is 91.9 Å². The molecule has 3 fully saturated rings. The normalized spacial score (nSPS) is 13.6. The van der Waals surface area contributed by atoms with E-state index in [2.05, 4.69) is 56.2 Å². The molecule has 24 nitrogen and oxygen atoms in total. The number of carbonyl (C=O) groups excluding carboxylic acids is 5. The van der Waals surface area contributed by atoms with Gasteiger partial charge in [-0.25, -0.2) is 19.6 Å². The van der Waals surface area contributed by atoms with Crippen LogP contribution in [-0.2, 0) is 9.47 Å². The number of amides is 4. The predicted molar refractivity (Wildman–Crippen MR) is 371 cm³/mol. The first kappa shape index (κ1) is 72.3. The Kier molecular flexibility index (Phi) is 25.5. The Labute approximate surface area is 576 Å². The number of nitrogens with two attached hydrogens (primary N) is 2. The summed E-state index contributed by atoms with van der Waals surface area (Å²) in [5.41, 5.74) is 19.6. The molecule has 3 aliphatic heterocycles. The third kappa shape index (κ3) is 21.7. The number of pyridine rings is 3. The van der Waals surface area contributed by atoms with Crippen molar-refractivity contribution in [3.63, 3.8) is 0 Å². The summed E-state index contributed by atoms with van der Waals surface area (Å²) in [6.45, 7) is 18.6. The molecule has 9 heterocycles. The summed E-state index contributed by atoms with van der Waals surface area (Å²) >= 11 is 0. The maximum atomic E-state index is 13.0. The third-order valence-corrected chi connectivity index (χ3v) is 15.2. The molecule has 4 amide bonds. The van der Waals surface area contributed by atoms with Gasteiger partial charge in [-0.1, -0.05) is 0 Å². The quantitative estimate of drug-likeness (QED) is 0.0417. The number of hydrogen-bond acceptors (Lipinski definition) is 20. The van der Waals surface area contributed by atoms with E-state index in [1.807, 2.05) is 48.5 Å². The number of piperazine rings is 1. The molecule has 3 aliphatic rings. The first-order chi connectivity index (χ1) is 46.1. The zero-order valence-electron chi connectivity index (χ0n) is 55.8. The largest absolute Gasteiger partial charge is 1.00 e. The van der Waals surface area contributed by atoms with Gasteiger partial charge in [-0.2, -0.15) is 0 Å². The number of nitrogens with one attached hydrogen (secondary N) is 5. The summed E-state index contributed by atoms with van der Waals surface area (Å²) in [5, 5.41) is 24.9. The smallest absolute Gasteiger partial charge is 0.543 e. The average molecular weight is 1310 g/mol. The number of hydrogen-bond donors (Lipinski definition) is 7. The number of aromatic nitrogens is 3. The van der Waals surface area contributed by atoms with Crippen molar-refractivity contribution in [2.24, 2.45) is 0 Å². The van der Waals surface area contributed by atoms with Crippen LogP contribution in [-0.4, -0.2) is 108 Å². The topological polar surface area (TPSA) is 327 Å². The molecule has 3 aromatic carbocycles. The Hall–Kier alpha value is -10.5. The Morgan fingerprint density at radius 2 is 0.845 bits per heavy atom. The average Bonchev–Trinajstić information content (AvgIpc) is 1.70. The second-order valence-electron chi connectivity index (χ2n) is 24.8. The molecule has 0 unspecified atom stereocenters. The number of piperidine rings is 2. The van der Waals surface area contributed by atoms with E-state index < -0.39 is 29.4 Å². The summed E-state index contributed by atoms with van der Waals surface area (Å²) in [4.78, 5) is 79.4. The van der Waals surface area contributed by atoms with Crippen LogP contribution in [0, 0.1) is 0 Å². The van der Waals surface area contributed by atoms with Crippen LogP contribution in [0.5, 0.6) is 0 Å². The van der Waals surface area contributed by atoms with Crippen LogP contribution < -0.4 is 76.7 Å². The van der Waals surface area contributed by atoms with E-state index in [4.69, 9.17) is 34.2 Å². The number of aromatic carboxylic acids is 1. The minimum Gasteiger partial charge on any atom is -0.543 e. The van der Waals surface area contributed by atoms with Crippen molar-refractivity contribution in [2.45, 2.75) is 91.3 Å². The van der Waals surface area contributed by atoms with Gasteiger partial charge in [0.05, 0.1) is 100 Å². The number of furan rings is 3. The number of nitrogen functional groups attached to an aromatic ring is 2. The van der Waals surface area contributed by atoms with Gasteiger partial charge in [-0.3, -0.25) is 25.2 Å². The van der Waals surface area contributed by atoms with Crippen molar-refractivity contribution in [3.05, 3.63) is 182 Å². The fraction of sp³-hybridized carbons (Fsp3) is 0.306. The van der Waals surface area contributed by atoms with Gasteiger partial charge in [0.25, 0.3) is 11.8 Å². The Bertz CT molecular complexity index is 3990. The molecule has 97 heavy (non-hydrogen) atoms. The van der Waals surface area contributed by atoms with Gasteiger partial charge in [-0.15, -0.1) is 0 Å². The standard InChI is InChI=1S/C26H30N4O4.C20H21N5O2.C15H18N2O3.C11H14N2O2.Li/c1-26(2,3)34-25(32)29-20-11-9-18(23-8-7-15-33-23)16-22(20)28-24(31)21-12-10-19(17-27-21)30-13-5-4-6-14-30;21-16-5-3-14(19-2-1-11-27-19)12-18(16)24-20(26)17-6-4-15(13-23-17)25-9-7-22-8-10-25;1-15(2,3)20-14(18)17-12-7-6-10(9-11(12)16)13-5-4-8-19-13;14-11(15)10-5-4-9(8-12-10)13-6-2-1-3-7-13;/h7-12,15-17H,4-6,13-14H2,1-3H3,(H,28,31)(H,29,32);1-6,11-13,22H,7-10,21H2,(H,24,26);4-9H,16H2,1-3H3,(H,17,18);4-5,8H,1-3,6-7H2,(H,14,15);/q;;;;+1/p-1. The Balaban J connectivity index is 0.000000171. The second-order valence-corrected chi connectivity index (χ2v) is 24.8. The van der Waals surface area contributed by atoms with Crippen LogP contribution in [0.2, 0.25) is 0 Å². The molecule has 0 radical (unpaired) electrons. The molecular weight excluding hydrogens is 1230 g/mol. The monoisotopic (exact) mass is 1310 g/mol. The van der Waals surface area contributed by atoms with Crippen LogP contribution in [0.1, 0.15) is 112 Å². The molecule has 0 spiro atoms. The van der Waals surface area contributed by atoms with Crippen molar-refractivity contribution >= 4 is 81.2 Å². The molecule has 25 heteroatoms. The summed E-state index contributed by atoms with van der Waals surface area (Å²) in [6, 6.07) is 37.4. The summed E-state index contributed by atoms with van der Waals surface area (Å²) in [5.74, 6) is 0.173. The molecule has 9 N–H and O–H groups in total. The summed E-state index contributed by atoms with van der Waals surface area (Å²) in [7, 11) is 0. The number of carboxylic acid groups (broad SMARTS) is 1. The van der Waals surface area contributed by atoms with Crippen LogP contribution >= 0.6 is 0 Å². The van der Waals surface area contributed by atoms with Crippen LogP contribution in [0.15, 0.2) is 178 Å². The van der Waals surface area contributed by atoms with Crippen molar-refractivity contribution in [1.29, 1.82) is 0 Å². The first-order valence-corrected chi connectivity index (χ1v) is 31.8. The predicted octanol–water partition coefficient (Wildman–Crippen LogP) is 9.83. The van der Waals surface area contributed by atoms with Crippen molar-refractivity contribution in [1.82, 2.24) is 20.3 Å². The van der Waals surface area contributed by atoms with Gasteiger partial charge in [0.2, 0.25) is 0 Å². The fourth-order valence-corrected chi connectivity index (χ4v) is 10.4. The van der Waals surface area contributed by atoms with Crippen molar-refractivity contribution in [3.8, 4) is 34.0 Å². The molecular formula is C72H82LiN13O11. The van der Waals surface area contributed by atoms with Gasteiger partial charge >= 0.3 is 31.0 Å². The molecule has 12 rings (SSSR count). The minimum absolute atomic E-state index is 0. The maximum Gasteiger partial charge on any atom is 1.00 e. The van der Waals surface area contributed by atoms with Gasteiger partial charge in [-0.05, 0) is 207 Å². The van der Waals surface area contributed by atoms with Crippen LogP contribution in [0.4, 0.5) is 60.8 Å². The van der Waals surface area contributed by atoms with E-state index >= 15 is 0 Å². The van der Waals surface area contributed by atoms with Crippen LogP contribution in [0.3, 0.4) is 0 Å². The van der Waals surface area contributed by atoms with Crippen LogP contribution in [0.25, 0.3) is 34.0 Å². The van der Waals surface area contributed by atoms with Gasteiger partial charge in [0.1, 0.15) is 39.9 Å². The number of carbonyl (C=O) groups is 5. The summed E-state index contributed by atoms with van der Waals surface area (Å²) < 4.78 is 26.7. The number of carboxylic acids is 1. The molecule has 6 aromatic heterocycles. The van der Waals surface area contributed by atoms with E-state index in [1.54, 1.807) is 152 Å². The molecule has 502 valence electrons. The number of anilines is 9. The molecule has 0 atom stereocenters. The molecule has 9 aromatic rings. The second kappa shape index (κ2) is 34.2. The van der Waals surface area contributed by atoms with Gasteiger partial charge < -0.3 is 74.7 Å². The molecule has 0 bridgehead atoms. The molecule has 0 aliphatic carbocycles. The summed E-state index contributed by atoms with van der Waals surface area (Å²) in [6.07, 6.45) is 16.0. The fourth-order valence-electron chi connectivity index (χ4n) is 10.4. The number of benzene rings is 3. The third-order valence-electron chi connectivity index (χ3n) is 15.2. The molecule has 0 saturated carbocycles. The van der Waals surface area contributed by atoms with Crippen molar-refractivity contribution in [2.75, 3.05) is 99.8 Å².